The number of nitrogens with one attached hydrogen (secondary N) is 1. The summed E-state index contributed by atoms with van der Waals surface area (Å²) in [6.45, 7) is 3.33. The molecule has 0 spiro atoms. The molecule has 116 valence electrons. The van der Waals surface area contributed by atoms with Crippen LogP contribution >= 0.6 is 0 Å². The third kappa shape index (κ3) is 2.54. The summed E-state index contributed by atoms with van der Waals surface area (Å²) in [5, 5.41) is 7.10. The van der Waals surface area contributed by atoms with Crippen LogP contribution in [0.1, 0.15) is 47.4 Å². The summed E-state index contributed by atoms with van der Waals surface area (Å²) < 4.78 is 9.82. The topological polar surface area (TPSA) is 94.3 Å². The van der Waals surface area contributed by atoms with E-state index in [9.17, 15) is 9.59 Å². The van der Waals surface area contributed by atoms with Gasteiger partial charge in [-0.25, -0.2) is 9.78 Å². The van der Waals surface area contributed by atoms with Crippen LogP contribution in [0, 0.1) is 6.92 Å². The van der Waals surface area contributed by atoms with E-state index in [-0.39, 0.29) is 5.91 Å². The van der Waals surface area contributed by atoms with Crippen molar-refractivity contribution in [2.24, 2.45) is 0 Å². The van der Waals surface area contributed by atoms with E-state index in [0.717, 1.165) is 18.5 Å². The van der Waals surface area contributed by atoms with Crippen molar-refractivity contribution in [1.29, 1.82) is 0 Å². The van der Waals surface area contributed by atoms with Gasteiger partial charge in [0.25, 0.3) is 11.6 Å². The maximum atomic E-state index is 12.5. The third-order valence-electron chi connectivity index (χ3n) is 3.78. The summed E-state index contributed by atoms with van der Waals surface area (Å²) in [4.78, 5) is 28.4. The molecule has 0 unspecified atom stereocenters. The standard InChI is InChI=1S/C15H17N3O4/c1-7-12-10(13(19)16-8(2)15(20)21-3)6-11(9-4-5-9)17-14(12)22-18-7/h6,8-9H,4-5H2,1-3H3,(H,16,19)/t8-/m0/s1. The zero-order valence-corrected chi connectivity index (χ0v) is 12.7. The molecule has 2 aromatic heterocycles. The predicted octanol–water partition coefficient (Wildman–Crippen LogP) is 1.70. The first-order valence-corrected chi connectivity index (χ1v) is 7.17. The van der Waals surface area contributed by atoms with Crippen LogP contribution in [0.25, 0.3) is 11.1 Å². The fourth-order valence-corrected chi connectivity index (χ4v) is 2.39. The lowest BCUT2D eigenvalue weighted by Crippen LogP contribution is -2.39. The number of fused-ring (bicyclic) bond motifs is 1. The molecule has 0 bridgehead atoms. The molecule has 1 fully saturated rings. The highest BCUT2D eigenvalue weighted by atomic mass is 16.5. The molecule has 0 aromatic carbocycles. The van der Waals surface area contributed by atoms with Crippen molar-refractivity contribution in [2.75, 3.05) is 7.11 Å². The van der Waals surface area contributed by atoms with E-state index < -0.39 is 12.0 Å². The predicted molar refractivity (Wildman–Crippen MR) is 77.5 cm³/mol. The number of methoxy groups -OCH3 is 1. The number of hydrogen-bond donors (Lipinski definition) is 1. The summed E-state index contributed by atoms with van der Waals surface area (Å²) in [7, 11) is 1.28. The molecular weight excluding hydrogens is 286 g/mol. The number of esters is 1. The number of pyridine rings is 1. The van der Waals surface area contributed by atoms with Gasteiger partial charge in [-0.15, -0.1) is 0 Å². The monoisotopic (exact) mass is 303 g/mol. The molecule has 1 atom stereocenters. The second kappa shape index (κ2) is 5.40. The number of aryl methyl sites for hydroxylation is 1. The van der Waals surface area contributed by atoms with E-state index in [4.69, 9.17) is 4.52 Å². The lowest BCUT2D eigenvalue weighted by atomic mass is 10.1. The highest BCUT2D eigenvalue weighted by Gasteiger charge is 2.29. The molecule has 1 aliphatic carbocycles. The molecule has 0 aliphatic heterocycles. The summed E-state index contributed by atoms with van der Waals surface area (Å²) in [5.74, 6) is -0.485. The van der Waals surface area contributed by atoms with E-state index in [1.807, 2.05) is 0 Å². The average Bonchev–Trinajstić information content (AvgIpc) is 3.30. The summed E-state index contributed by atoms with van der Waals surface area (Å²) >= 11 is 0. The maximum absolute atomic E-state index is 12.5. The van der Waals surface area contributed by atoms with Crippen molar-refractivity contribution in [3.63, 3.8) is 0 Å². The number of carbonyl (C=O) groups excluding carboxylic acids is 2. The van der Waals surface area contributed by atoms with Crippen LogP contribution in [0.2, 0.25) is 0 Å². The van der Waals surface area contributed by atoms with Crippen LogP contribution in [0.15, 0.2) is 10.6 Å². The Kier molecular flexibility index (Phi) is 3.56. The van der Waals surface area contributed by atoms with E-state index >= 15 is 0 Å². The van der Waals surface area contributed by atoms with Gasteiger partial charge in [0, 0.05) is 11.6 Å². The summed E-state index contributed by atoms with van der Waals surface area (Å²) in [6, 6.07) is 1.04. The lowest BCUT2D eigenvalue weighted by molar-refractivity contribution is -0.142. The molecule has 2 heterocycles. The number of nitrogens with zero attached hydrogens (tertiary/aromatic N) is 2. The molecule has 1 aliphatic rings. The molecule has 0 radical (unpaired) electrons. The van der Waals surface area contributed by atoms with Gasteiger partial charge in [-0.1, -0.05) is 5.16 Å². The van der Waals surface area contributed by atoms with Gasteiger partial charge in [0.1, 0.15) is 6.04 Å². The number of ether oxygens (including phenoxy) is 1. The normalized spacial score (nSPS) is 15.6. The Morgan fingerprint density at radius 3 is 2.82 bits per heavy atom. The zero-order valence-electron chi connectivity index (χ0n) is 12.7. The molecule has 22 heavy (non-hydrogen) atoms. The van der Waals surface area contributed by atoms with E-state index in [0.29, 0.717) is 28.3 Å². The molecule has 7 nitrogen and oxygen atoms in total. The minimum Gasteiger partial charge on any atom is -0.467 e. The second-order valence-electron chi connectivity index (χ2n) is 5.54. The molecule has 1 amide bonds. The van der Waals surface area contributed by atoms with Gasteiger partial charge in [-0.05, 0) is 32.8 Å². The smallest absolute Gasteiger partial charge is 0.328 e. The van der Waals surface area contributed by atoms with Gasteiger partial charge in [0.15, 0.2) is 0 Å². The Morgan fingerprint density at radius 1 is 1.45 bits per heavy atom. The zero-order chi connectivity index (χ0) is 15.9. The molecule has 3 rings (SSSR count). The number of hydrogen-bond acceptors (Lipinski definition) is 6. The molecule has 2 aromatic rings. The molecule has 1 N–H and O–H groups in total. The van der Waals surface area contributed by atoms with Crippen molar-refractivity contribution in [2.45, 2.75) is 38.6 Å². The van der Waals surface area contributed by atoms with Crippen LogP contribution in [0.3, 0.4) is 0 Å². The van der Waals surface area contributed by atoms with Crippen molar-refractivity contribution < 1.29 is 18.8 Å². The average molecular weight is 303 g/mol. The van der Waals surface area contributed by atoms with Gasteiger partial charge in [0.2, 0.25) is 0 Å². The first kappa shape index (κ1) is 14.5. The van der Waals surface area contributed by atoms with Crippen molar-refractivity contribution >= 4 is 23.0 Å². The quantitative estimate of drug-likeness (QED) is 0.864. The fraction of sp³-hybridized carbons (Fsp3) is 0.467. The van der Waals surface area contributed by atoms with Gasteiger partial charge in [-0.3, -0.25) is 4.79 Å². The first-order chi connectivity index (χ1) is 10.5. The Morgan fingerprint density at radius 2 is 2.18 bits per heavy atom. The van der Waals surface area contributed by atoms with Crippen LogP contribution in [0.4, 0.5) is 0 Å². The number of carbonyl (C=O) groups is 2. The Balaban J connectivity index is 1.99. The first-order valence-electron chi connectivity index (χ1n) is 7.17. The molecular formula is C15H17N3O4. The van der Waals surface area contributed by atoms with Crippen molar-refractivity contribution in [1.82, 2.24) is 15.5 Å². The van der Waals surface area contributed by atoms with Crippen molar-refractivity contribution in [3.8, 4) is 0 Å². The Labute approximate surface area is 127 Å². The largest absolute Gasteiger partial charge is 0.467 e. The SMILES string of the molecule is COC(=O)[C@H](C)NC(=O)c1cc(C2CC2)nc2onc(C)c12. The highest BCUT2D eigenvalue weighted by Crippen LogP contribution is 2.40. The van der Waals surface area contributed by atoms with E-state index in [2.05, 4.69) is 20.2 Å². The Bertz CT molecular complexity index is 749. The van der Waals surface area contributed by atoms with Crippen LogP contribution in [0.5, 0.6) is 0 Å². The Hall–Kier alpha value is -2.44. The number of rotatable bonds is 4. The van der Waals surface area contributed by atoms with Gasteiger partial charge in [-0.2, -0.15) is 0 Å². The van der Waals surface area contributed by atoms with E-state index in [1.54, 1.807) is 19.9 Å². The maximum Gasteiger partial charge on any atom is 0.328 e. The van der Waals surface area contributed by atoms with Gasteiger partial charge in [0.05, 0.1) is 23.8 Å². The molecule has 7 heteroatoms. The van der Waals surface area contributed by atoms with Crippen LogP contribution in [-0.2, 0) is 9.53 Å². The third-order valence-corrected chi connectivity index (χ3v) is 3.78. The van der Waals surface area contributed by atoms with Gasteiger partial charge < -0.3 is 14.6 Å². The summed E-state index contributed by atoms with van der Waals surface area (Å²) in [5.41, 5.74) is 2.22. The number of aromatic nitrogens is 2. The lowest BCUT2D eigenvalue weighted by Gasteiger charge is -2.12. The molecule has 1 saturated carbocycles. The minimum absolute atomic E-state index is 0.359. The van der Waals surface area contributed by atoms with Gasteiger partial charge >= 0.3 is 5.97 Å². The van der Waals surface area contributed by atoms with E-state index in [1.165, 1.54) is 7.11 Å². The van der Waals surface area contributed by atoms with Crippen LogP contribution < -0.4 is 5.32 Å². The van der Waals surface area contributed by atoms with Crippen LogP contribution in [-0.4, -0.2) is 35.2 Å². The summed E-state index contributed by atoms with van der Waals surface area (Å²) in [6.07, 6.45) is 2.12. The number of amides is 1. The van der Waals surface area contributed by atoms with Crippen molar-refractivity contribution in [3.05, 3.63) is 23.0 Å². The molecule has 0 saturated heterocycles. The highest BCUT2D eigenvalue weighted by molar-refractivity contribution is 6.07. The minimum atomic E-state index is -0.731. The second-order valence-corrected chi connectivity index (χ2v) is 5.54. The fourth-order valence-electron chi connectivity index (χ4n) is 2.39.